The number of amides is 3. The molecule has 2 aromatic heterocycles. The van der Waals surface area contributed by atoms with Gasteiger partial charge in [-0.1, -0.05) is 75.0 Å². The Hall–Kier alpha value is -11.9. The third-order valence-corrected chi connectivity index (χ3v) is 20.9. The number of non-ortho nitro benzene ring substituents is 2. The number of carboxylic acids is 1. The zero-order valence-electron chi connectivity index (χ0n) is 80.6. The number of azo groups is 4. The van der Waals surface area contributed by atoms with Crippen LogP contribution in [0, 0.1) is 34.1 Å². The number of rotatable bonds is 53. The van der Waals surface area contributed by atoms with Gasteiger partial charge in [-0.05, 0) is 170 Å². The van der Waals surface area contributed by atoms with Crippen molar-refractivity contribution in [2.24, 2.45) is 46.6 Å². The smallest absolute Gasteiger partial charge is 0.306 e. The molecule has 41 heteroatoms. The number of benzene rings is 6. The first-order chi connectivity index (χ1) is 65.5. The normalized spacial score (nSPS) is 11.7. The number of alkyl halides is 2. The van der Waals surface area contributed by atoms with Gasteiger partial charge in [0, 0.05) is 142 Å². The number of methoxy groups -OCH3 is 2. The minimum absolute atomic E-state index is 0.00353. The zero-order valence-corrected chi connectivity index (χ0v) is 79.7. The fraction of sp³-hybridized carbons (Fsp3) is 0.495. The lowest BCUT2D eigenvalue weighted by Crippen LogP contribution is -2.33. The summed E-state index contributed by atoms with van der Waals surface area (Å²) in [4.78, 5) is 130. The molecule has 0 saturated heterocycles. The van der Waals surface area contributed by atoms with Gasteiger partial charge in [0.2, 0.25) is 30.8 Å². The number of nitrogens with one attached hydrogen (secondary N) is 3. The Morgan fingerprint density at radius 1 is 0.508 bits per heavy atom. The second-order valence-electron chi connectivity index (χ2n) is 29.0. The van der Waals surface area contributed by atoms with Crippen molar-refractivity contribution >= 4 is 181 Å². The maximum Gasteiger partial charge on any atom is 0.306 e. The third-order valence-electron chi connectivity index (χ3n) is 19.1. The molecule has 0 fully saturated rings. The summed E-state index contributed by atoms with van der Waals surface area (Å²) in [5, 5.41) is 81.7. The number of aliphatic hydroxyl groups is 2. The molecule has 6 aromatic carbocycles. The number of ketones is 2. The molecular weight excluding hydrogens is 1780 g/mol. The number of esters is 2. The Labute approximate surface area is 793 Å². The number of aliphatic carboxylic acids is 1. The number of carboxylic acid groups (broad SMARTS) is 1. The van der Waals surface area contributed by atoms with Gasteiger partial charge in [-0.2, -0.15) is 10.2 Å². The number of ether oxygens (including phenoxy) is 4. The van der Waals surface area contributed by atoms with Gasteiger partial charge in [0.25, 0.3) is 11.4 Å². The first-order valence-corrected chi connectivity index (χ1v) is 45.8. The lowest BCUT2D eigenvalue weighted by Gasteiger charge is -2.22. The number of nitro benzene ring substituents is 2. The molecule has 0 radical (unpaired) electrons. The number of nitrogens with zero attached hydrogens (tertiary/aromatic N) is 14. The number of carbonyl (C=O) groups excluding carboxylic acids is 7. The number of nitrogens with two attached hydrogens (primary N) is 1. The lowest BCUT2D eigenvalue weighted by molar-refractivity contribution is -0.384. The topological polar surface area (TPSA) is 514 Å². The average Bonchev–Trinajstić information content (AvgIpc) is 1.69. The van der Waals surface area contributed by atoms with Crippen LogP contribution in [0.15, 0.2) is 150 Å². The summed E-state index contributed by atoms with van der Waals surface area (Å²) in [6.07, 6.45) is 10.3. The van der Waals surface area contributed by atoms with E-state index in [2.05, 4.69) is 93.8 Å². The van der Waals surface area contributed by atoms with E-state index < -0.39 is 40.0 Å². The summed E-state index contributed by atoms with van der Waals surface area (Å²) < 4.78 is 49.2. The summed E-state index contributed by atoms with van der Waals surface area (Å²) in [6, 6.07) is 31.1. The van der Waals surface area contributed by atoms with E-state index in [0.717, 1.165) is 87.0 Å². The van der Waals surface area contributed by atoms with Gasteiger partial charge in [0.15, 0.2) is 0 Å². The first-order valence-electron chi connectivity index (χ1n) is 45.4. The van der Waals surface area contributed by atoms with Crippen LogP contribution in [0.2, 0.25) is 0 Å². The second kappa shape index (κ2) is 66.5. The van der Waals surface area contributed by atoms with E-state index in [1.54, 1.807) is 36.4 Å². The van der Waals surface area contributed by atoms with Crippen molar-refractivity contribution in [2.75, 3.05) is 95.9 Å². The molecule has 37 nitrogen and oxygen atoms in total. The van der Waals surface area contributed by atoms with Crippen molar-refractivity contribution in [1.82, 2.24) is 25.9 Å². The number of Topliss-reactive ketones (excluding diaryl/α,β-unsaturated/α-hetero) is 2. The van der Waals surface area contributed by atoms with E-state index in [1.807, 2.05) is 83.1 Å². The van der Waals surface area contributed by atoms with Crippen LogP contribution in [0.1, 0.15) is 197 Å². The van der Waals surface area contributed by atoms with Gasteiger partial charge in [-0.25, -0.2) is 9.97 Å². The summed E-state index contributed by atoms with van der Waals surface area (Å²) >= 11 is 11.9. The van der Waals surface area contributed by atoms with Crippen LogP contribution in [0.3, 0.4) is 0 Å². The molecule has 0 bridgehead atoms. The van der Waals surface area contributed by atoms with Gasteiger partial charge in [-0.15, -0.1) is 53.9 Å². The first kappa shape index (κ1) is 107. The molecule has 0 spiro atoms. The number of hydrogen-bond acceptors (Lipinski definition) is 33. The molecule has 8 aromatic rings. The maximum absolute atomic E-state index is 12.7. The number of aliphatic hydroxyl groups excluding tert-OH is 2. The lowest BCUT2D eigenvalue weighted by atomic mass is 10.1. The number of aryl methyl sites for hydroxylation is 2. The van der Waals surface area contributed by atoms with Crippen LogP contribution in [0.4, 0.5) is 67.1 Å². The predicted molar refractivity (Wildman–Crippen MR) is 516 cm³/mol. The van der Waals surface area contributed by atoms with Crippen LogP contribution in [0.5, 0.6) is 11.5 Å². The molecule has 8 N–H and O–H groups in total. The summed E-state index contributed by atoms with van der Waals surface area (Å²) in [6.45, 7) is 15.6. The number of anilines is 2. The van der Waals surface area contributed by atoms with Crippen LogP contribution in [-0.4, -0.2) is 184 Å². The SMILES string of the molecule is CCCCN.ClCCl.[2H]CC(CNC(=O)CCCCCCC(=O)CCN(CC)c1ccc(N=Nc2cc(C)c(N=Nc3nc4ccc([N+](=O)[O-])cc4s3)cc2OC)cc1)OC(=O)CCC(=O)NCCCC.[2H]CC(CNC(=O)CCCCCCC(=O)CCN(CC)c1ccc(N=Nc2cc(C)c(N=Nc3nc4ccc([N+](=O)[O-])cc4s3)cc2OC)cc1)OC(=O)CCC(=O)O.[3H]OC.[3H]OC. The fourth-order valence-electron chi connectivity index (χ4n) is 12.0. The summed E-state index contributed by atoms with van der Waals surface area (Å²) in [7, 11) is 5.63. The van der Waals surface area contributed by atoms with E-state index in [9.17, 15) is 58.6 Å². The highest BCUT2D eigenvalue weighted by atomic mass is 35.5. The van der Waals surface area contributed by atoms with Crippen molar-refractivity contribution in [3.8, 4) is 11.5 Å². The molecule has 0 aliphatic carbocycles. The predicted octanol–water partition coefficient (Wildman–Crippen LogP) is 21.0. The number of unbranched alkanes of at least 4 members (excludes halogenated alkanes) is 8. The van der Waals surface area contributed by atoms with E-state index in [0.29, 0.717) is 147 Å². The molecule has 0 aliphatic heterocycles. The minimum atomic E-state index is -1.11. The number of aromatic nitrogens is 2. The van der Waals surface area contributed by atoms with Gasteiger partial charge >= 0.3 is 17.9 Å². The number of nitro groups is 2. The van der Waals surface area contributed by atoms with Gasteiger partial charge < -0.3 is 65.8 Å². The number of halogens is 2. The molecule has 720 valence electrons. The van der Waals surface area contributed by atoms with Crippen molar-refractivity contribution in [1.29, 1.82) is 2.86 Å². The number of thiazole rings is 2. The molecule has 2 atom stereocenters. The van der Waals surface area contributed by atoms with Crippen molar-refractivity contribution < 1.29 is 85.2 Å². The van der Waals surface area contributed by atoms with Crippen LogP contribution in [0.25, 0.3) is 20.4 Å². The average molecular weight is 1920 g/mol. The number of fused-ring (bicyclic) bond motifs is 2. The van der Waals surface area contributed by atoms with Crippen LogP contribution < -0.4 is 41.0 Å². The molecule has 8 rings (SSSR count). The summed E-state index contributed by atoms with van der Waals surface area (Å²) in [5.74, 6) is -1.76. The zero-order chi connectivity index (χ0) is 101. The van der Waals surface area contributed by atoms with Crippen LogP contribution in [-0.2, 0) is 47.8 Å². The molecule has 3 amide bonds. The van der Waals surface area contributed by atoms with E-state index in [1.165, 1.54) is 88.2 Å². The molecule has 2 heterocycles. The Morgan fingerprint density at radius 3 is 1.23 bits per heavy atom. The highest BCUT2D eigenvalue weighted by molar-refractivity contribution is 7.22. The highest BCUT2D eigenvalue weighted by Crippen LogP contribution is 2.41. The van der Waals surface area contributed by atoms with E-state index >= 15 is 0 Å². The van der Waals surface area contributed by atoms with Crippen molar-refractivity contribution in [2.45, 2.75) is 209 Å². The van der Waals surface area contributed by atoms with Crippen molar-refractivity contribution in [3.05, 3.63) is 141 Å². The molecule has 0 aliphatic rings. The second-order valence-corrected chi connectivity index (χ2v) is 31.8. The number of carbonyl (C=O) groups is 8. The largest absolute Gasteiger partial charge is 0.494 e. The monoisotopic (exact) mass is 1910 g/mol. The van der Waals surface area contributed by atoms with Gasteiger partial charge in [0.05, 0.1) is 105 Å². The van der Waals surface area contributed by atoms with Gasteiger partial charge in [-0.3, -0.25) is 58.6 Å². The maximum atomic E-state index is 12.7. The number of hydrogen-bond donors (Lipinski definition) is 7. The summed E-state index contributed by atoms with van der Waals surface area (Å²) in [5.41, 5.74) is 13.1. The molecule has 132 heavy (non-hydrogen) atoms. The minimum Gasteiger partial charge on any atom is -0.494 e. The van der Waals surface area contributed by atoms with Crippen LogP contribution >= 0.6 is 45.9 Å². The Balaban J connectivity index is 0.000000616. The third kappa shape index (κ3) is 45.3. The molecule has 0 saturated carbocycles. The Bertz CT molecular complexity index is 5120. The molecular formula is C91H126Cl2N18O19S2. The van der Waals surface area contributed by atoms with E-state index in [4.69, 9.17) is 58.6 Å². The van der Waals surface area contributed by atoms with Gasteiger partial charge in [0.1, 0.15) is 46.6 Å². The standard InChI is InChI=1S/C44H57N9O8S.C40H48N8O9S.C4H11N.CH2Cl2.2CH4O/c1-6-8-24-45-42(56)21-22-43(57)61-31(4)29-46-41(55)14-12-10-9-11-13-35(54)23-25-52(7-2)33-17-15-32(16-18-33)48-50-38-26-30(3)37(28-39(38)60-5)49-51-44-47-36-20-19-34(53(58)59)27-40(36)62-44;1-5-47(21-20-31(49)10-8-6-7-9-11-37(50)41-25-27(3)57-39(53)19-18-38(51)52)29-14-12-28(13-15-29)43-45-34-22-26(2)33(24-35(34)56-4)44-46-40-42-32-17-16-30(48(54)55)23-36(32)58-40;1-2-3-4-5;2-1-3;2*1-2/h15-20,26-28,31H,6-14,21-25,29H2,1-5H3,(H,45,56)(H,46,55);12-17,22-24,27H,5-11,18-21,25H2,1-4H3,(H,41,50)(H,51,52);2-5H2,1H3;1H2;2*2H,1H3/i4D;3D;;;2*2T. The van der Waals surface area contributed by atoms with Crippen molar-refractivity contribution in [3.63, 3.8) is 0 Å². The highest BCUT2D eigenvalue weighted by Gasteiger charge is 2.20. The quantitative estimate of drug-likeness (QED) is 0.00465. The molecule has 2 unspecified atom stereocenters. The van der Waals surface area contributed by atoms with E-state index in [-0.39, 0.29) is 105 Å². The Morgan fingerprint density at radius 2 is 0.886 bits per heavy atom. The Kier molecular flexibility index (Phi) is 54.0. The fourth-order valence-corrected chi connectivity index (χ4v) is 13.6.